The van der Waals surface area contributed by atoms with Crippen molar-refractivity contribution in [2.45, 2.75) is 13.8 Å². The Kier molecular flexibility index (Phi) is 1.85. The van der Waals surface area contributed by atoms with Crippen molar-refractivity contribution in [3.05, 3.63) is 22.5 Å². The van der Waals surface area contributed by atoms with Crippen LogP contribution in [0, 0.1) is 20.8 Å². The molecule has 0 aliphatic rings. The van der Waals surface area contributed by atoms with Crippen LogP contribution in [0.5, 0.6) is 0 Å². The first-order valence-corrected chi connectivity index (χ1v) is 3.73. The molecule has 2 nitrogen and oxygen atoms in total. The van der Waals surface area contributed by atoms with Crippen LogP contribution in [0.3, 0.4) is 0 Å². The molecule has 3 heteroatoms. The number of carbonyl (C=O) groups is 1. The van der Waals surface area contributed by atoms with Gasteiger partial charge in [-0.1, -0.05) is 0 Å². The van der Waals surface area contributed by atoms with Crippen LogP contribution in [-0.4, -0.2) is 10.8 Å². The summed E-state index contributed by atoms with van der Waals surface area (Å²) < 4.78 is 0. The molecule has 1 rings (SSSR count). The van der Waals surface area contributed by atoms with Crippen LogP contribution in [0.25, 0.3) is 0 Å². The molecule has 0 fully saturated rings. The van der Waals surface area contributed by atoms with Crippen molar-refractivity contribution in [3.63, 3.8) is 0 Å². The minimum absolute atomic E-state index is 0.136. The van der Waals surface area contributed by atoms with Crippen molar-refractivity contribution in [1.82, 2.24) is 4.98 Å². The van der Waals surface area contributed by atoms with E-state index < -0.39 is 0 Å². The second-order valence-corrected chi connectivity index (χ2v) is 3.27. The molecule has 1 aromatic heterocycles. The number of thiazole rings is 1. The maximum Gasteiger partial charge on any atom is 0.175 e. The molecule has 1 radical (unpaired) electrons. The molecule has 0 N–H and O–H groups in total. The van der Waals surface area contributed by atoms with E-state index in [4.69, 9.17) is 0 Å². The highest BCUT2D eigenvalue weighted by Crippen LogP contribution is 2.16. The van der Waals surface area contributed by atoms with E-state index in [0.29, 0.717) is 4.88 Å². The lowest BCUT2D eigenvalue weighted by Crippen LogP contribution is -1.89. The zero-order valence-corrected chi connectivity index (χ0v) is 6.79. The summed E-state index contributed by atoms with van der Waals surface area (Å²) in [6.45, 7) is 7.01. The molecule has 53 valence electrons. The monoisotopic (exact) mass is 154 g/mol. The van der Waals surface area contributed by atoms with Crippen LogP contribution in [0.4, 0.5) is 0 Å². The summed E-state index contributed by atoms with van der Waals surface area (Å²) in [5.74, 6) is -0.136. The number of nitrogens with zero attached hydrogens (tertiary/aromatic N) is 1. The van der Waals surface area contributed by atoms with E-state index in [0.717, 1.165) is 10.7 Å². The van der Waals surface area contributed by atoms with Gasteiger partial charge in [-0.2, -0.15) is 0 Å². The highest BCUT2D eigenvalue weighted by atomic mass is 32.1. The van der Waals surface area contributed by atoms with Crippen LogP contribution in [-0.2, 0) is 0 Å². The van der Waals surface area contributed by atoms with E-state index in [1.165, 1.54) is 11.3 Å². The van der Waals surface area contributed by atoms with Crippen LogP contribution in [0.15, 0.2) is 0 Å². The van der Waals surface area contributed by atoms with Crippen LogP contribution >= 0.6 is 11.3 Å². The minimum Gasteiger partial charge on any atom is -0.293 e. The topological polar surface area (TPSA) is 30.0 Å². The van der Waals surface area contributed by atoms with Gasteiger partial charge in [0.2, 0.25) is 0 Å². The maximum atomic E-state index is 10.7. The molecule has 0 atom stereocenters. The fourth-order valence-electron chi connectivity index (χ4n) is 0.790. The number of hydrogen-bond donors (Lipinski definition) is 0. The Morgan fingerprint density at radius 1 is 1.60 bits per heavy atom. The largest absolute Gasteiger partial charge is 0.293 e. The highest BCUT2D eigenvalue weighted by molar-refractivity contribution is 7.13. The van der Waals surface area contributed by atoms with Crippen molar-refractivity contribution < 1.29 is 4.79 Å². The average molecular weight is 154 g/mol. The second-order valence-electron chi connectivity index (χ2n) is 2.07. The third-order valence-electron chi connectivity index (χ3n) is 1.16. The maximum absolute atomic E-state index is 10.7. The lowest BCUT2D eigenvalue weighted by molar-refractivity contribution is 0.104. The second kappa shape index (κ2) is 2.50. The Morgan fingerprint density at radius 2 is 2.20 bits per heavy atom. The van der Waals surface area contributed by atoms with Gasteiger partial charge < -0.3 is 0 Å². The number of rotatable bonds is 1. The highest BCUT2D eigenvalue weighted by Gasteiger charge is 2.07. The summed E-state index contributed by atoms with van der Waals surface area (Å²) >= 11 is 1.40. The number of ketones is 1. The van der Waals surface area contributed by atoms with E-state index in [9.17, 15) is 4.79 Å². The van der Waals surface area contributed by atoms with Crippen LogP contribution in [0.1, 0.15) is 20.4 Å². The fourth-order valence-corrected chi connectivity index (χ4v) is 1.58. The lowest BCUT2D eigenvalue weighted by atomic mass is 10.3. The zero-order chi connectivity index (χ0) is 7.72. The molecule has 1 aromatic rings. The molecule has 0 saturated carbocycles. The van der Waals surface area contributed by atoms with E-state index in [-0.39, 0.29) is 5.78 Å². The van der Waals surface area contributed by atoms with Gasteiger partial charge in [0.15, 0.2) is 5.78 Å². The van der Waals surface area contributed by atoms with E-state index in [1.54, 1.807) is 0 Å². The van der Waals surface area contributed by atoms with Gasteiger partial charge >= 0.3 is 0 Å². The Bertz CT molecular complexity index is 265. The normalized spacial score (nSPS) is 9.90. The van der Waals surface area contributed by atoms with E-state index >= 15 is 0 Å². The number of aryl methyl sites for hydroxylation is 2. The summed E-state index contributed by atoms with van der Waals surface area (Å²) in [7, 11) is 0. The SMILES string of the molecule is [CH2]C(=O)c1sc(C)nc1C. The number of hydrogen-bond acceptors (Lipinski definition) is 3. The molecular weight excluding hydrogens is 146 g/mol. The van der Waals surface area contributed by atoms with Crippen molar-refractivity contribution in [1.29, 1.82) is 0 Å². The minimum atomic E-state index is -0.136. The van der Waals surface area contributed by atoms with Gasteiger partial charge in [-0.25, -0.2) is 4.98 Å². The van der Waals surface area contributed by atoms with Gasteiger partial charge in [-0.15, -0.1) is 11.3 Å². The molecule has 0 aliphatic heterocycles. The summed E-state index contributed by atoms with van der Waals surface area (Å²) in [4.78, 5) is 15.5. The molecule has 0 spiro atoms. The van der Waals surface area contributed by atoms with Crippen LogP contribution < -0.4 is 0 Å². The quantitative estimate of drug-likeness (QED) is 0.577. The smallest absolute Gasteiger partial charge is 0.175 e. The average Bonchev–Trinajstić information content (AvgIpc) is 2.10. The van der Waals surface area contributed by atoms with Gasteiger partial charge in [-0.3, -0.25) is 4.79 Å². The predicted molar refractivity (Wildman–Crippen MR) is 41.3 cm³/mol. The zero-order valence-electron chi connectivity index (χ0n) is 5.97. The molecule has 1 heterocycles. The van der Waals surface area contributed by atoms with Crippen molar-refractivity contribution >= 4 is 17.1 Å². The Balaban J connectivity index is 3.15. The van der Waals surface area contributed by atoms with Crippen LogP contribution in [0.2, 0.25) is 0 Å². The lowest BCUT2D eigenvalue weighted by Gasteiger charge is -1.85. The first-order valence-electron chi connectivity index (χ1n) is 2.91. The summed E-state index contributed by atoms with van der Waals surface area (Å²) in [6, 6.07) is 0. The molecule has 0 amide bonds. The summed E-state index contributed by atoms with van der Waals surface area (Å²) in [6.07, 6.45) is 0. The Morgan fingerprint density at radius 3 is 2.40 bits per heavy atom. The molecule has 0 aromatic carbocycles. The summed E-state index contributed by atoms with van der Waals surface area (Å²) in [5.41, 5.74) is 0.794. The first-order chi connectivity index (χ1) is 4.61. The van der Waals surface area contributed by atoms with Crippen molar-refractivity contribution in [2.24, 2.45) is 0 Å². The van der Waals surface area contributed by atoms with Gasteiger partial charge in [0.25, 0.3) is 0 Å². The van der Waals surface area contributed by atoms with E-state index in [1.807, 2.05) is 13.8 Å². The molecule has 0 bridgehead atoms. The number of aromatic nitrogens is 1. The van der Waals surface area contributed by atoms with Crippen molar-refractivity contribution in [3.8, 4) is 0 Å². The first kappa shape index (κ1) is 7.41. The van der Waals surface area contributed by atoms with Gasteiger partial charge in [0.1, 0.15) is 0 Å². The molecule has 0 unspecified atom stereocenters. The number of carbonyl (C=O) groups excluding carboxylic acids is 1. The third-order valence-corrected chi connectivity index (χ3v) is 2.27. The molecule has 10 heavy (non-hydrogen) atoms. The Hall–Kier alpha value is -0.700. The van der Waals surface area contributed by atoms with E-state index in [2.05, 4.69) is 11.9 Å². The standard InChI is InChI=1S/C7H8NOS/c1-4-7(5(2)9)10-6(3)8-4/h2H2,1,3H3. The fraction of sp³-hybridized carbons (Fsp3) is 0.286. The summed E-state index contributed by atoms with van der Waals surface area (Å²) in [5, 5.41) is 0.921. The van der Waals surface area contributed by atoms with Gasteiger partial charge in [0.05, 0.1) is 15.6 Å². The van der Waals surface area contributed by atoms with Gasteiger partial charge in [-0.05, 0) is 13.8 Å². The predicted octanol–water partition coefficient (Wildman–Crippen LogP) is 1.78. The third kappa shape index (κ3) is 1.24. The molecule has 0 aliphatic carbocycles. The van der Waals surface area contributed by atoms with Crippen molar-refractivity contribution in [2.75, 3.05) is 0 Å². The molecule has 0 saturated heterocycles. The van der Waals surface area contributed by atoms with Gasteiger partial charge in [0, 0.05) is 6.92 Å². The molecular formula is C7H8NOS. The Labute approximate surface area is 63.9 Å². The number of Topliss-reactive ketones (excluding diaryl/α,β-unsaturated/α-hetero) is 1.